The van der Waals surface area contributed by atoms with Crippen LogP contribution in [0.25, 0.3) is 0 Å². The summed E-state index contributed by atoms with van der Waals surface area (Å²) in [6.45, 7) is 4.28. The molecular formula is C28H42O17. The molecule has 0 aromatic rings. The monoisotopic (exact) mass is 650 g/mol. The van der Waals surface area contributed by atoms with E-state index in [1.807, 2.05) is 0 Å². The number of esters is 4. The highest BCUT2D eigenvalue weighted by Crippen LogP contribution is 2.36. The zero-order chi connectivity index (χ0) is 33.6. The van der Waals surface area contributed by atoms with Crippen molar-refractivity contribution in [2.24, 2.45) is 0 Å². The average Bonchev–Trinajstić information content (AvgIpc) is 3.25. The third-order valence-corrected chi connectivity index (χ3v) is 6.98. The lowest BCUT2D eigenvalue weighted by Gasteiger charge is -2.43. The van der Waals surface area contributed by atoms with Crippen LogP contribution in [0, 0.1) is 0 Å². The topological polar surface area (TPSA) is 254 Å². The van der Waals surface area contributed by atoms with Crippen molar-refractivity contribution in [1.29, 1.82) is 0 Å². The van der Waals surface area contributed by atoms with E-state index in [2.05, 4.69) is 22.6 Å². The Hall–Kier alpha value is -3.00. The lowest BCUT2D eigenvalue weighted by atomic mass is 9.99. The number of aliphatic hydroxyl groups excluding tert-OH is 6. The van der Waals surface area contributed by atoms with Crippen molar-refractivity contribution < 1.29 is 83.0 Å². The van der Waals surface area contributed by atoms with Crippen molar-refractivity contribution in [1.82, 2.24) is 0 Å². The van der Waals surface area contributed by atoms with Gasteiger partial charge >= 0.3 is 23.9 Å². The van der Waals surface area contributed by atoms with E-state index in [1.54, 1.807) is 0 Å². The van der Waals surface area contributed by atoms with Crippen LogP contribution in [0.3, 0.4) is 0 Å². The fraction of sp³-hybridized carbons (Fsp3) is 0.714. The van der Waals surface area contributed by atoms with Crippen molar-refractivity contribution in [3.05, 3.63) is 25.7 Å². The van der Waals surface area contributed by atoms with Gasteiger partial charge in [-0.2, -0.15) is 0 Å². The van der Waals surface area contributed by atoms with Gasteiger partial charge in [0.15, 0.2) is 6.29 Å². The Kier molecular flexibility index (Phi) is 16.0. The quantitative estimate of drug-likeness (QED) is 0.0390. The van der Waals surface area contributed by atoms with Crippen LogP contribution in [-0.4, -0.2) is 129 Å². The van der Waals surface area contributed by atoms with Gasteiger partial charge in [0.25, 0.3) is 0 Å². The van der Waals surface area contributed by atoms with Crippen molar-refractivity contribution in [2.75, 3.05) is 19.8 Å². The van der Waals surface area contributed by atoms with E-state index in [0.29, 0.717) is 19.3 Å². The van der Waals surface area contributed by atoms with Gasteiger partial charge in [0.2, 0.25) is 5.79 Å². The van der Waals surface area contributed by atoms with Crippen LogP contribution in [0.1, 0.15) is 51.4 Å². The minimum absolute atomic E-state index is 0.0570. The molecule has 2 rings (SSSR count). The first-order valence-corrected chi connectivity index (χ1v) is 14.3. The number of aliphatic hydroxyl groups is 6. The Bertz CT molecular complexity index is 1000. The fourth-order valence-corrected chi connectivity index (χ4v) is 4.48. The van der Waals surface area contributed by atoms with Gasteiger partial charge in [-0.3, -0.25) is 19.2 Å². The molecule has 9 atom stereocenters. The van der Waals surface area contributed by atoms with E-state index in [4.69, 9.17) is 23.7 Å². The molecule has 2 saturated heterocycles. The van der Waals surface area contributed by atoms with Crippen LogP contribution in [0.5, 0.6) is 0 Å². The largest absolute Gasteiger partial charge is 0.463 e. The number of carbonyl (C=O) groups is 4. The first-order chi connectivity index (χ1) is 21.4. The van der Waals surface area contributed by atoms with Gasteiger partial charge < -0.3 is 63.8 Å². The van der Waals surface area contributed by atoms with Gasteiger partial charge in [0.05, 0.1) is 12.5 Å². The summed E-state index contributed by atoms with van der Waals surface area (Å²) < 4.78 is 35.8. The van der Waals surface area contributed by atoms with Crippen molar-refractivity contribution >= 4 is 23.9 Å². The number of unbranched alkanes of at least 4 members (excludes halogenated alkanes) is 2. The summed E-state index contributed by atoms with van der Waals surface area (Å²) >= 11 is 0. The second kappa shape index (κ2) is 18.8. The first kappa shape index (κ1) is 38.2. The Morgan fingerprint density at radius 3 is 1.60 bits per heavy atom. The van der Waals surface area contributed by atoms with Crippen molar-refractivity contribution in [3.63, 3.8) is 0 Å². The van der Waals surface area contributed by atoms with E-state index >= 15 is 0 Å². The molecule has 0 radical (unpaired) electrons. The standard InChI is InChI=1S/C28H42O17/c1-3-39-18(30)9-5-7-11-20(32)41-13-16-22(34)24(36)25(37)27(43-16)45-28(15-29)26(38)23(35)17(44-28)14-42-21(33)12-8-6-10-19(31)40-4-2/h3-4,16-17,22-27,29,34-38H,1-2,5-15H2/t16-,17-,22-,23-,24+,25-,26+,27-,28+/m1/s1. The zero-order valence-corrected chi connectivity index (χ0v) is 24.6. The second-order valence-corrected chi connectivity index (χ2v) is 10.3. The summed E-state index contributed by atoms with van der Waals surface area (Å²) in [7, 11) is 0. The van der Waals surface area contributed by atoms with Gasteiger partial charge in [0, 0.05) is 25.7 Å². The molecule has 0 bridgehead atoms. The van der Waals surface area contributed by atoms with E-state index in [1.165, 1.54) is 0 Å². The minimum Gasteiger partial charge on any atom is -0.463 e. The van der Waals surface area contributed by atoms with Gasteiger partial charge in [0.1, 0.15) is 62.5 Å². The molecule has 0 unspecified atom stereocenters. The molecule has 0 aliphatic carbocycles. The summed E-state index contributed by atoms with van der Waals surface area (Å²) in [6, 6.07) is 0. The smallest absolute Gasteiger partial charge is 0.310 e. The Morgan fingerprint density at radius 2 is 1.13 bits per heavy atom. The molecule has 6 N–H and O–H groups in total. The lowest BCUT2D eigenvalue weighted by Crippen LogP contribution is -2.62. The summed E-state index contributed by atoms with van der Waals surface area (Å²) in [5.74, 6) is -4.85. The van der Waals surface area contributed by atoms with Crippen LogP contribution in [0.15, 0.2) is 25.7 Å². The highest BCUT2D eigenvalue weighted by Gasteiger charge is 2.58. The molecule has 256 valence electrons. The highest BCUT2D eigenvalue weighted by molar-refractivity contribution is 5.71. The molecule has 2 aliphatic rings. The van der Waals surface area contributed by atoms with E-state index in [9.17, 15) is 49.8 Å². The van der Waals surface area contributed by atoms with Crippen LogP contribution < -0.4 is 0 Å². The highest BCUT2D eigenvalue weighted by atomic mass is 16.8. The Balaban J connectivity index is 1.90. The summed E-state index contributed by atoms with van der Waals surface area (Å²) in [4.78, 5) is 46.8. The van der Waals surface area contributed by atoms with Crippen LogP contribution in [0.2, 0.25) is 0 Å². The summed E-state index contributed by atoms with van der Waals surface area (Å²) in [5, 5.41) is 62.4. The number of hydrogen-bond acceptors (Lipinski definition) is 17. The molecule has 2 fully saturated rings. The third kappa shape index (κ3) is 11.4. The van der Waals surface area contributed by atoms with E-state index in [-0.39, 0.29) is 32.1 Å². The molecule has 17 nitrogen and oxygen atoms in total. The molecular weight excluding hydrogens is 608 g/mol. The maximum Gasteiger partial charge on any atom is 0.310 e. The van der Waals surface area contributed by atoms with Crippen LogP contribution in [-0.2, 0) is 52.3 Å². The van der Waals surface area contributed by atoms with Gasteiger partial charge in [-0.15, -0.1) is 0 Å². The number of ether oxygens (including phenoxy) is 7. The summed E-state index contributed by atoms with van der Waals surface area (Å²) in [5.41, 5.74) is 0. The molecule has 0 aromatic carbocycles. The van der Waals surface area contributed by atoms with Gasteiger partial charge in [-0.25, -0.2) is 0 Å². The molecule has 0 amide bonds. The van der Waals surface area contributed by atoms with Crippen LogP contribution in [0.4, 0.5) is 0 Å². The molecule has 0 aromatic heterocycles. The summed E-state index contributed by atoms with van der Waals surface area (Å²) in [6.07, 6.45) is -10.8. The minimum atomic E-state index is -2.43. The second-order valence-electron chi connectivity index (χ2n) is 10.3. The molecule has 45 heavy (non-hydrogen) atoms. The molecule has 0 saturated carbocycles. The van der Waals surface area contributed by atoms with Gasteiger partial charge in [-0.05, 0) is 25.7 Å². The SMILES string of the molecule is C=COC(=O)CCCCC(=O)OC[C@H]1O[C@@](CO)(O[C@H]2O[C@H](COC(=O)CCCCC(=O)OC=C)[C@@H](O)[C@H](O)[C@H]2O)[C@@H](O)[C@@H]1O. The van der Waals surface area contributed by atoms with E-state index < -0.39 is 98.5 Å². The third-order valence-electron chi connectivity index (χ3n) is 6.98. The van der Waals surface area contributed by atoms with Crippen LogP contribution >= 0.6 is 0 Å². The van der Waals surface area contributed by atoms with E-state index in [0.717, 1.165) is 12.5 Å². The fourth-order valence-electron chi connectivity index (χ4n) is 4.48. The Labute approximate surface area is 258 Å². The molecule has 0 spiro atoms. The van der Waals surface area contributed by atoms with Crippen molar-refractivity contribution in [3.8, 4) is 0 Å². The number of hydrogen-bond donors (Lipinski definition) is 6. The zero-order valence-electron chi connectivity index (χ0n) is 24.6. The predicted molar refractivity (Wildman–Crippen MR) is 146 cm³/mol. The number of rotatable bonds is 19. The lowest BCUT2D eigenvalue weighted by molar-refractivity contribution is -0.383. The normalized spacial score (nSPS) is 31.1. The molecule has 2 heterocycles. The Morgan fingerprint density at radius 1 is 0.667 bits per heavy atom. The van der Waals surface area contributed by atoms with Crippen molar-refractivity contribution in [2.45, 2.75) is 106 Å². The first-order valence-electron chi connectivity index (χ1n) is 14.3. The maximum absolute atomic E-state index is 12.1. The molecule has 2 aliphatic heterocycles. The number of carbonyl (C=O) groups excluding carboxylic acids is 4. The molecule has 17 heteroatoms. The average molecular weight is 651 g/mol. The maximum atomic E-state index is 12.1. The predicted octanol–water partition coefficient (Wildman–Crippen LogP) is -1.80. The van der Waals surface area contributed by atoms with Gasteiger partial charge in [-0.1, -0.05) is 13.2 Å².